The van der Waals surface area contributed by atoms with Crippen LogP contribution in [-0.2, 0) is 0 Å². The highest BCUT2D eigenvalue weighted by molar-refractivity contribution is 6.34. The lowest BCUT2D eigenvalue weighted by molar-refractivity contribution is 0.100. The minimum atomic E-state index is -0.00563. The number of carbonyl (C=O) groups excluding carboxylic acids is 1. The molecule has 2 aromatic rings. The van der Waals surface area contributed by atoms with Crippen molar-refractivity contribution in [3.63, 3.8) is 0 Å². The Hall–Kier alpha value is -2.00. The molecule has 4 heteroatoms. The van der Waals surface area contributed by atoms with Crippen LogP contribution in [0.4, 0.5) is 5.69 Å². The Labute approximate surface area is 123 Å². The summed E-state index contributed by atoms with van der Waals surface area (Å²) in [5, 5.41) is 0.487. The number of halogens is 1. The minimum absolute atomic E-state index is 0.00563. The number of ketones is 1. The monoisotopic (exact) mass is 289 g/mol. The smallest absolute Gasteiger partial charge is 0.183 e. The van der Waals surface area contributed by atoms with E-state index in [4.69, 9.17) is 16.3 Å². The molecule has 2 aromatic carbocycles. The molecule has 0 radical (unpaired) electrons. The highest BCUT2D eigenvalue weighted by Crippen LogP contribution is 2.20. The summed E-state index contributed by atoms with van der Waals surface area (Å²) < 4.78 is 5.11. The third-order valence-electron chi connectivity index (χ3n) is 3.07. The third kappa shape index (κ3) is 3.31. The topological polar surface area (TPSA) is 29.5 Å². The van der Waals surface area contributed by atoms with Crippen molar-refractivity contribution in [2.24, 2.45) is 0 Å². The van der Waals surface area contributed by atoms with Gasteiger partial charge in [-0.05, 0) is 36.4 Å². The maximum Gasteiger partial charge on any atom is 0.183 e. The lowest BCUT2D eigenvalue weighted by Gasteiger charge is -2.19. The molecule has 20 heavy (non-hydrogen) atoms. The Balaban J connectivity index is 2.09. The SMILES string of the molecule is COc1ccc(N(C)CC(=O)c2ccccc2Cl)cc1. The lowest BCUT2D eigenvalue weighted by Crippen LogP contribution is -2.25. The predicted octanol–water partition coefficient (Wildman–Crippen LogP) is 3.67. The summed E-state index contributed by atoms with van der Waals surface area (Å²) in [5.74, 6) is 0.786. The highest BCUT2D eigenvalue weighted by atomic mass is 35.5. The van der Waals surface area contributed by atoms with E-state index in [2.05, 4.69) is 0 Å². The summed E-state index contributed by atoms with van der Waals surface area (Å²) in [6.45, 7) is 0.274. The summed E-state index contributed by atoms with van der Waals surface area (Å²) in [4.78, 5) is 14.1. The Morgan fingerprint density at radius 3 is 2.40 bits per heavy atom. The van der Waals surface area contributed by atoms with Crippen LogP contribution in [0.2, 0.25) is 5.02 Å². The quantitative estimate of drug-likeness (QED) is 0.787. The molecule has 3 nitrogen and oxygen atoms in total. The normalized spacial score (nSPS) is 10.2. The van der Waals surface area contributed by atoms with E-state index in [-0.39, 0.29) is 12.3 Å². The van der Waals surface area contributed by atoms with E-state index in [1.807, 2.05) is 48.3 Å². The van der Waals surface area contributed by atoms with Gasteiger partial charge in [0.1, 0.15) is 5.75 Å². The van der Waals surface area contributed by atoms with Gasteiger partial charge in [0.2, 0.25) is 0 Å². The van der Waals surface area contributed by atoms with Gasteiger partial charge in [0.05, 0.1) is 18.7 Å². The van der Waals surface area contributed by atoms with Crippen molar-refractivity contribution in [1.29, 1.82) is 0 Å². The van der Waals surface area contributed by atoms with Crippen LogP contribution in [0.1, 0.15) is 10.4 Å². The van der Waals surface area contributed by atoms with Gasteiger partial charge >= 0.3 is 0 Å². The lowest BCUT2D eigenvalue weighted by atomic mass is 10.1. The van der Waals surface area contributed by atoms with Crippen molar-refractivity contribution < 1.29 is 9.53 Å². The van der Waals surface area contributed by atoms with Crippen molar-refractivity contribution in [2.45, 2.75) is 0 Å². The van der Waals surface area contributed by atoms with Crippen LogP contribution in [0.25, 0.3) is 0 Å². The first kappa shape index (κ1) is 14.4. The molecule has 0 spiro atoms. The number of methoxy groups -OCH3 is 1. The number of benzene rings is 2. The second-order valence-corrected chi connectivity index (χ2v) is 4.86. The Morgan fingerprint density at radius 2 is 1.80 bits per heavy atom. The maximum absolute atomic E-state index is 12.2. The number of hydrogen-bond donors (Lipinski definition) is 0. The van der Waals surface area contributed by atoms with Gasteiger partial charge in [0, 0.05) is 18.3 Å². The average molecular weight is 290 g/mol. The summed E-state index contributed by atoms with van der Waals surface area (Å²) in [5.41, 5.74) is 1.50. The van der Waals surface area contributed by atoms with Gasteiger partial charge in [-0.1, -0.05) is 23.7 Å². The minimum Gasteiger partial charge on any atom is -0.497 e. The van der Waals surface area contributed by atoms with Crippen LogP contribution < -0.4 is 9.64 Å². The third-order valence-corrected chi connectivity index (χ3v) is 3.40. The number of rotatable bonds is 5. The van der Waals surface area contributed by atoms with Crippen molar-refractivity contribution in [1.82, 2.24) is 0 Å². The van der Waals surface area contributed by atoms with Gasteiger partial charge in [-0.15, -0.1) is 0 Å². The first-order valence-corrected chi connectivity index (χ1v) is 6.62. The maximum atomic E-state index is 12.2. The van der Waals surface area contributed by atoms with E-state index in [0.29, 0.717) is 10.6 Å². The van der Waals surface area contributed by atoms with Gasteiger partial charge in [0.25, 0.3) is 0 Å². The van der Waals surface area contributed by atoms with Gasteiger partial charge in [-0.3, -0.25) is 4.79 Å². The van der Waals surface area contributed by atoms with E-state index < -0.39 is 0 Å². The molecule has 0 fully saturated rings. The summed E-state index contributed by atoms with van der Waals surface area (Å²) in [7, 11) is 3.50. The Bertz CT molecular complexity index is 596. The fraction of sp³-hybridized carbons (Fsp3) is 0.188. The summed E-state index contributed by atoms with van der Waals surface area (Å²) >= 11 is 6.03. The van der Waals surface area contributed by atoms with Crippen LogP contribution in [0.5, 0.6) is 5.75 Å². The van der Waals surface area contributed by atoms with Gasteiger partial charge in [-0.2, -0.15) is 0 Å². The molecule has 0 N–H and O–H groups in total. The standard InChI is InChI=1S/C16H16ClNO2/c1-18(12-7-9-13(20-2)10-8-12)11-16(19)14-5-3-4-6-15(14)17/h3-10H,11H2,1-2H3. The van der Waals surface area contributed by atoms with E-state index >= 15 is 0 Å². The van der Waals surface area contributed by atoms with Crippen molar-refractivity contribution in [3.8, 4) is 5.75 Å². The van der Waals surface area contributed by atoms with Gasteiger partial charge in [0.15, 0.2) is 5.78 Å². The Kier molecular flexibility index (Phi) is 4.64. The first-order valence-electron chi connectivity index (χ1n) is 6.24. The predicted molar refractivity (Wildman–Crippen MR) is 82.0 cm³/mol. The number of likely N-dealkylation sites (N-methyl/N-ethyl adjacent to an activating group) is 1. The molecule has 0 heterocycles. The van der Waals surface area contributed by atoms with E-state index in [1.165, 1.54) is 0 Å². The fourth-order valence-electron chi connectivity index (χ4n) is 1.92. The molecule has 2 rings (SSSR count). The summed E-state index contributed by atoms with van der Waals surface area (Å²) in [6.07, 6.45) is 0. The number of hydrogen-bond acceptors (Lipinski definition) is 3. The van der Waals surface area contributed by atoms with Crippen molar-refractivity contribution in [3.05, 3.63) is 59.1 Å². The molecule has 0 aliphatic carbocycles. The average Bonchev–Trinajstić information content (AvgIpc) is 2.47. The second-order valence-electron chi connectivity index (χ2n) is 4.46. The number of nitrogens with zero attached hydrogens (tertiary/aromatic N) is 1. The molecular formula is C16H16ClNO2. The highest BCUT2D eigenvalue weighted by Gasteiger charge is 2.12. The van der Waals surface area contributed by atoms with Crippen LogP contribution >= 0.6 is 11.6 Å². The number of ether oxygens (including phenoxy) is 1. The second kappa shape index (κ2) is 6.44. The zero-order chi connectivity index (χ0) is 14.5. The molecule has 0 aromatic heterocycles. The zero-order valence-corrected chi connectivity index (χ0v) is 12.2. The van der Waals surface area contributed by atoms with Crippen LogP contribution in [0, 0.1) is 0 Å². The van der Waals surface area contributed by atoms with Crippen molar-refractivity contribution in [2.75, 3.05) is 25.6 Å². The van der Waals surface area contributed by atoms with Crippen molar-refractivity contribution >= 4 is 23.1 Å². The van der Waals surface area contributed by atoms with E-state index in [0.717, 1.165) is 11.4 Å². The molecule has 0 atom stereocenters. The molecule has 0 bridgehead atoms. The van der Waals surface area contributed by atoms with Crippen LogP contribution in [0.3, 0.4) is 0 Å². The van der Waals surface area contributed by atoms with Crippen LogP contribution in [0.15, 0.2) is 48.5 Å². The zero-order valence-electron chi connectivity index (χ0n) is 11.5. The molecule has 0 amide bonds. The number of anilines is 1. The molecule has 0 saturated carbocycles. The summed E-state index contributed by atoms with van der Waals surface area (Å²) in [6, 6.07) is 14.7. The van der Waals surface area contributed by atoms with Crippen LogP contribution in [-0.4, -0.2) is 26.5 Å². The molecule has 0 aliphatic heterocycles. The van der Waals surface area contributed by atoms with Gasteiger partial charge in [-0.25, -0.2) is 0 Å². The van der Waals surface area contributed by atoms with Gasteiger partial charge < -0.3 is 9.64 Å². The molecule has 0 unspecified atom stereocenters. The first-order chi connectivity index (χ1) is 9.61. The fourth-order valence-corrected chi connectivity index (χ4v) is 2.16. The molecular weight excluding hydrogens is 274 g/mol. The van der Waals surface area contributed by atoms with E-state index in [9.17, 15) is 4.79 Å². The molecule has 104 valence electrons. The molecule has 0 aliphatic rings. The van der Waals surface area contributed by atoms with E-state index in [1.54, 1.807) is 19.2 Å². The number of carbonyl (C=O) groups is 1. The largest absolute Gasteiger partial charge is 0.497 e. The number of Topliss-reactive ketones (excluding diaryl/α,β-unsaturated/α-hetero) is 1. The Morgan fingerprint density at radius 1 is 1.15 bits per heavy atom. The molecule has 0 saturated heterocycles.